The summed E-state index contributed by atoms with van der Waals surface area (Å²) in [5.74, 6) is 0. The normalized spacial score (nSPS) is 17.2. The van der Waals surface area contributed by atoms with E-state index < -0.39 is 4.92 Å². The molecule has 118 valence electrons. The van der Waals surface area contributed by atoms with Crippen LogP contribution in [-0.2, 0) is 0 Å². The Balaban J connectivity index is 1.97. The van der Waals surface area contributed by atoms with Gasteiger partial charge in [0.15, 0.2) is 0 Å². The number of benzene rings is 2. The first-order valence-electron chi connectivity index (χ1n) is 6.73. The number of halogens is 2. The van der Waals surface area contributed by atoms with E-state index in [1.54, 1.807) is 17.0 Å². The first kappa shape index (κ1) is 15.9. The van der Waals surface area contributed by atoms with Crippen molar-refractivity contribution in [2.75, 3.05) is 11.4 Å². The lowest BCUT2D eigenvalue weighted by Gasteiger charge is -2.24. The van der Waals surface area contributed by atoms with Gasteiger partial charge in [-0.15, -0.1) is 0 Å². The van der Waals surface area contributed by atoms with Gasteiger partial charge < -0.3 is 5.32 Å². The summed E-state index contributed by atoms with van der Waals surface area (Å²) < 4.78 is 1.70. The minimum absolute atomic E-state index is 0.0304. The largest absolute Gasteiger partial charge is 0.335 e. The van der Waals surface area contributed by atoms with Gasteiger partial charge >= 0.3 is 6.03 Å². The van der Waals surface area contributed by atoms with Crippen LogP contribution in [0.15, 0.2) is 51.4 Å². The number of amides is 2. The molecule has 3 rings (SSSR count). The Bertz CT molecular complexity index is 760. The zero-order chi connectivity index (χ0) is 16.6. The molecule has 1 aliphatic rings. The van der Waals surface area contributed by atoms with Crippen LogP contribution in [0.3, 0.4) is 0 Å². The fraction of sp³-hybridized carbons (Fsp3) is 0.133. The third-order valence-electron chi connectivity index (χ3n) is 3.59. The molecular formula is C15H11Br2N3O3. The van der Waals surface area contributed by atoms with E-state index >= 15 is 0 Å². The number of nitrogens with one attached hydrogen (secondary N) is 1. The Labute approximate surface area is 148 Å². The van der Waals surface area contributed by atoms with Gasteiger partial charge in [-0.3, -0.25) is 15.0 Å². The second-order valence-corrected chi connectivity index (χ2v) is 6.88. The molecule has 1 atom stereocenters. The SMILES string of the molecule is O=C1NC[C@@H](c2ccc([N+](=O)[O-])cc2)N1c1cc(Br)cc(Br)c1. The number of urea groups is 1. The van der Waals surface area contributed by atoms with Gasteiger partial charge in [0.2, 0.25) is 0 Å². The molecule has 0 saturated carbocycles. The van der Waals surface area contributed by atoms with Crippen molar-refractivity contribution >= 4 is 49.3 Å². The summed E-state index contributed by atoms with van der Waals surface area (Å²) in [6.07, 6.45) is 0. The Morgan fingerprint density at radius 1 is 1.13 bits per heavy atom. The van der Waals surface area contributed by atoms with E-state index in [4.69, 9.17) is 0 Å². The average molecular weight is 441 g/mol. The molecule has 1 aliphatic heterocycles. The molecule has 6 nitrogen and oxygen atoms in total. The molecule has 8 heteroatoms. The minimum Gasteiger partial charge on any atom is -0.335 e. The second-order valence-electron chi connectivity index (χ2n) is 5.05. The maximum absolute atomic E-state index is 12.2. The van der Waals surface area contributed by atoms with Crippen molar-refractivity contribution in [3.8, 4) is 0 Å². The molecule has 0 unspecified atom stereocenters. The number of carbonyl (C=O) groups is 1. The standard InChI is InChI=1S/C15H11Br2N3O3/c16-10-5-11(17)7-13(6-10)19-14(8-18-15(19)21)9-1-3-12(4-2-9)20(22)23/h1-7,14H,8H2,(H,18,21)/t14-/m0/s1. The lowest BCUT2D eigenvalue weighted by Crippen LogP contribution is -2.29. The zero-order valence-electron chi connectivity index (χ0n) is 11.7. The fourth-order valence-electron chi connectivity index (χ4n) is 2.56. The smallest absolute Gasteiger partial charge is 0.322 e. The number of non-ortho nitro benzene ring substituents is 1. The highest BCUT2D eigenvalue weighted by Crippen LogP contribution is 2.34. The van der Waals surface area contributed by atoms with E-state index in [0.717, 1.165) is 20.2 Å². The molecule has 0 radical (unpaired) electrons. The van der Waals surface area contributed by atoms with Crippen molar-refractivity contribution in [2.45, 2.75) is 6.04 Å². The van der Waals surface area contributed by atoms with Crippen molar-refractivity contribution in [1.29, 1.82) is 0 Å². The van der Waals surface area contributed by atoms with Crippen LogP contribution in [-0.4, -0.2) is 17.5 Å². The van der Waals surface area contributed by atoms with E-state index in [9.17, 15) is 14.9 Å². The van der Waals surface area contributed by atoms with Crippen LogP contribution in [0.5, 0.6) is 0 Å². The molecule has 0 aromatic heterocycles. The molecule has 1 heterocycles. The Hall–Kier alpha value is -1.93. The van der Waals surface area contributed by atoms with Crippen LogP contribution in [0.4, 0.5) is 16.2 Å². The summed E-state index contributed by atoms with van der Waals surface area (Å²) in [6, 6.07) is 11.5. The summed E-state index contributed by atoms with van der Waals surface area (Å²) in [5.41, 5.74) is 1.61. The first-order chi connectivity index (χ1) is 11.0. The number of nitro groups is 1. The predicted octanol–water partition coefficient (Wildman–Crippen LogP) is 4.39. The number of hydrogen-bond donors (Lipinski definition) is 1. The van der Waals surface area contributed by atoms with E-state index in [1.165, 1.54) is 12.1 Å². The van der Waals surface area contributed by atoms with Crippen molar-refractivity contribution < 1.29 is 9.72 Å². The quantitative estimate of drug-likeness (QED) is 0.568. The van der Waals surface area contributed by atoms with E-state index in [-0.39, 0.29) is 17.8 Å². The number of nitro benzene ring substituents is 1. The molecule has 2 aromatic rings. The molecule has 0 spiro atoms. The van der Waals surface area contributed by atoms with Crippen LogP contribution in [0.2, 0.25) is 0 Å². The monoisotopic (exact) mass is 439 g/mol. The van der Waals surface area contributed by atoms with Crippen LogP contribution in [0, 0.1) is 10.1 Å². The summed E-state index contributed by atoms with van der Waals surface area (Å²) in [4.78, 5) is 24.2. The highest BCUT2D eigenvalue weighted by atomic mass is 79.9. The Kier molecular flexibility index (Phi) is 4.36. The average Bonchev–Trinajstić information content (AvgIpc) is 2.88. The zero-order valence-corrected chi connectivity index (χ0v) is 14.9. The van der Waals surface area contributed by atoms with Gasteiger partial charge in [0.05, 0.1) is 11.0 Å². The maximum atomic E-state index is 12.2. The van der Waals surface area contributed by atoms with Crippen LogP contribution >= 0.6 is 31.9 Å². The molecule has 1 saturated heterocycles. The van der Waals surface area contributed by atoms with Crippen molar-refractivity contribution in [2.24, 2.45) is 0 Å². The summed E-state index contributed by atoms with van der Waals surface area (Å²) in [7, 11) is 0. The third kappa shape index (κ3) is 3.23. The lowest BCUT2D eigenvalue weighted by atomic mass is 10.1. The van der Waals surface area contributed by atoms with Gasteiger partial charge in [0.25, 0.3) is 5.69 Å². The minimum atomic E-state index is -0.439. The van der Waals surface area contributed by atoms with Crippen molar-refractivity contribution in [3.63, 3.8) is 0 Å². The topological polar surface area (TPSA) is 75.5 Å². The van der Waals surface area contributed by atoms with Crippen LogP contribution < -0.4 is 10.2 Å². The molecular weight excluding hydrogens is 430 g/mol. The predicted molar refractivity (Wildman–Crippen MR) is 93.6 cm³/mol. The van der Waals surface area contributed by atoms with Gasteiger partial charge in [0, 0.05) is 33.3 Å². The fourth-order valence-corrected chi connectivity index (χ4v) is 3.83. The van der Waals surface area contributed by atoms with Gasteiger partial charge in [0.1, 0.15) is 0 Å². The third-order valence-corrected chi connectivity index (χ3v) is 4.51. The molecule has 2 amide bonds. The van der Waals surface area contributed by atoms with Gasteiger partial charge in [-0.05, 0) is 23.8 Å². The van der Waals surface area contributed by atoms with Gasteiger partial charge in [-0.1, -0.05) is 44.0 Å². The number of anilines is 1. The van der Waals surface area contributed by atoms with E-state index in [1.807, 2.05) is 18.2 Å². The molecule has 23 heavy (non-hydrogen) atoms. The summed E-state index contributed by atoms with van der Waals surface area (Å²) >= 11 is 6.84. The molecule has 0 bridgehead atoms. The van der Waals surface area contributed by atoms with E-state index in [2.05, 4.69) is 37.2 Å². The number of rotatable bonds is 3. The Morgan fingerprint density at radius 2 is 1.74 bits per heavy atom. The van der Waals surface area contributed by atoms with Crippen LogP contribution in [0.1, 0.15) is 11.6 Å². The Morgan fingerprint density at radius 3 is 2.30 bits per heavy atom. The van der Waals surface area contributed by atoms with Crippen molar-refractivity contribution in [1.82, 2.24) is 5.32 Å². The van der Waals surface area contributed by atoms with Gasteiger partial charge in [-0.25, -0.2) is 4.79 Å². The molecule has 0 aliphatic carbocycles. The maximum Gasteiger partial charge on any atom is 0.322 e. The molecule has 2 aromatic carbocycles. The van der Waals surface area contributed by atoms with Gasteiger partial charge in [-0.2, -0.15) is 0 Å². The number of nitrogens with zero attached hydrogens (tertiary/aromatic N) is 2. The van der Waals surface area contributed by atoms with E-state index in [0.29, 0.717) is 6.54 Å². The summed E-state index contributed by atoms with van der Waals surface area (Å²) in [5, 5.41) is 13.6. The molecule has 1 fully saturated rings. The highest BCUT2D eigenvalue weighted by Gasteiger charge is 2.33. The second kappa shape index (κ2) is 6.29. The first-order valence-corrected chi connectivity index (χ1v) is 8.32. The highest BCUT2D eigenvalue weighted by molar-refractivity contribution is 9.11. The summed E-state index contributed by atoms with van der Waals surface area (Å²) in [6.45, 7) is 0.445. The van der Waals surface area contributed by atoms with Crippen LogP contribution in [0.25, 0.3) is 0 Å². The molecule has 1 N–H and O–H groups in total. The lowest BCUT2D eigenvalue weighted by molar-refractivity contribution is -0.384. The number of hydrogen-bond acceptors (Lipinski definition) is 3. The van der Waals surface area contributed by atoms with Crippen molar-refractivity contribution in [3.05, 3.63) is 67.1 Å². The number of carbonyl (C=O) groups excluding carboxylic acids is 1.